The summed E-state index contributed by atoms with van der Waals surface area (Å²) in [4.78, 5) is 2.39. The first kappa shape index (κ1) is 32.8. The van der Waals surface area contributed by atoms with Crippen molar-refractivity contribution in [2.24, 2.45) is 0 Å². The monoisotopic (exact) mass is 739 g/mol. The van der Waals surface area contributed by atoms with Crippen molar-refractivity contribution in [2.45, 2.75) is 12.3 Å². The molecule has 12 rings (SSSR count). The molecule has 1 heterocycles. The molecule has 58 heavy (non-hydrogen) atoms. The molecule has 1 aliphatic rings. The Bertz CT molecular complexity index is 3330. The Labute approximate surface area is 336 Å². The van der Waals surface area contributed by atoms with Gasteiger partial charge in [0, 0.05) is 33.2 Å². The van der Waals surface area contributed by atoms with Crippen molar-refractivity contribution >= 4 is 71.3 Å². The van der Waals surface area contributed by atoms with Crippen molar-refractivity contribution in [1.29, 1.82) is 0 Å². The lowest BCUT2D eigenvalue weighted by atomic mass is 9.74. The molecule has 1 aliphatic carbocycles. The fourth-order valence-electron chi connectivity index (χ4n) is 9.90. The average molecular weight is 740 g/mol. The minimum Gasteiger partial charge on any atom is -0.456 e. The quantitative estimate of drug-likeness (QED) is 0.163. The second-order valence-corrected chi connectivity index (χ2v) is 15.8. The molecule has 0 atom stereocenters. The minimum atomic E-state index is -0.298. The standard InChI is InChI=1S/C56H37NO/c1-56(52-21-11-9-19-47(52)48-20-10-12-22-53(48)56)38-25-31-54-50(33-38)51-35-41(29-32-55(51)58-54)57(39-26-23-37(24-27-39)36-13-3-2-4-14-36)40-28-30-46-44-17-6-5-15-42(44)43-16-7-8-18-45(43)49(46)34-40/h2-35H,1H3. The molecule has 1 aromatic heterocycles. The molecule has 0 bridgehead atoms. The van der Waals surface area contributed by atoms with E-state index < -0.39 is 0 Å². The third-order valence-corrected chi connectivity index (χ3v) is 12.7. The number of rotatable bonds is 5. The van der Waals surface area contributed by atoms with E-state index in [1.54, 1.807) is 0 Å². The van der Waals surface area contributed by atoms with Crippen LogP contribution in [0.1, 0.15) is 23.6 Å². The number of benzene rings is 10. The average Bonchev–Trinajstić information content (AvgIpc) is 3.79. The highest BCUT2D eigenvalue weighted by molar-refractivity contribution is 6.25. The zero-order chi connectivity index (χ0) is 38.4. The smallest absolute Gasteiger partial charge is 0.135 e. The van der Waals surface area contributed by atoms with E-state index in [2.05, 4.69) is 218 Å². The van der Waals surface area contributed by atoms with Crippen molar-refractivity contribution in [3.05, 3.63) is 223 Å². The Balaban J connectivity index is 1.06. The fourth-order valence-corrected chi connectivity index (χ4v) is 9.90. The Morgan fingerprint density at radius 2 is 0.793 bits per heavy atom. The molecule has 0 saturated heterocycles. The highest BCUT2D eigenvalue weighted by Gasteiger charge is 2.40. The van der Waals surface area contributed by atoms with Gasteiger partial charge in [-0.3, -0.25) is 0 Å². The van der Waals surface area contributed by atoms with E-state index in [1.807, 2.05) is 0 Å². The molecule has 2 heteroatoms. The second kappa shape index (κ2) is 12.5. The van der Waals surface area contributed by atoms with Crippen LogP contribution in [-0.4, -0.2) is 0 Å². The van der Waals surface area contributed by atoms with Gasteiger partial charge in [-0.25, -0.2) is 0 Å². The zero-order valence-electron chi connectivity index (χ0n) is 32.0. The van der Waals surface area contributed by atoms with Crippen LogP contribution in [0.15, 0.2) is 211 Å². The van der Waals surface area contributed by atoms with Crippen LogP contribution in [-0.2, 0) is 5.41 Å². The van der Waals surface area contributed by atoms with Gasteiger partial charge < -0.3 is 9.32 Å². The van der Waals surface area contributed by atoms with Gasteiger partial charge >= 0.3 is 0 Å². The summed E-state index contributed by atoms with van der Waals surface area (Å²) < 4.78 is 6.58. The Morgan fingerprint density at radius 3 is 1.43 bits per heavy atom. The normalized spacial score (nSPS) is 13.1. The molecule has 0 spiro atoms. The van der Waals surface area contributed by atoms with Gasteiger partial charge in [-0.1, -0.05) is 152 Å². The molecule has 0 amide bonds. The number of hydrogen-bond donors (Lipinski definition) is 0. The molecule has 10 aromatic carbocycles. The van der Waals surface area contributed by atoms with E-state index >= 15 is 0 Å². The molecule has 11 aromatic rings. The Kier molecular flexibility index (Phi) is 7.09. The van der Waals surface area contributed by atoms with E-state index in [9.17, 15) is 0 Å². The fraction of sp³-hybridized carbons (Fsp3) is 0.0357. The SMILES string of the molecule is CC1(c2ccc3oc4ccc(N(c5ccc(-c6ccccc6)cc5)c5ccc6c7ccccc7c7ccccc7c6c5)cc4c3c2)c2ccccc2-c2ccccc21. The topological polar surface area (TPSA) is 16.4 Å². The summed E-state index contributed by atoms with van der Waals surface area (Å²) in [7, 11) is 0. The molecule has 0 fully saturated rings. The van der Waals surface area contributed by atoms with Gasteiger partial charge in [-0.2, -0.15) is 0 Å². The van der Waals surface area contributed by atoms with Gasteiger partial charge in [-0.05, 0) is 133 Å². The maximum Gasteiger partial charge on any atom is 0.135 e. The van der Waals surface area contributed by atoms with Gasteiger partial charge in [0.05, 0.1) is 0 Å². The molecule has 0 aliphatic heterocycles. The van der Waals surface area contributed by atoms with Crippen molar-refractivity contribution < 1.29 is 4.42 Å². The lowest BCUT2D eigenvalue weighted by molar-refractivity contribution is 0.667. The van der Waals surface area contributed by atoms with Crippen LogP contribution in [0.25, 0.3) is 76.5 Å². The summed E-state index contributed by atoms with van der Waals surface area (Å²) in [5.41, 5.74) is 13.7. The van der Waals surface area contributed by atoms with E-state index in [0.29, 0.717) is 0 Å². The predicted octanol–water partition coefficient (Wildman–Crippen LogP) is 15.5. The van der Waals surface area contributed by atoms with Crippen LogP contribution in [0.5, 0.6) is 0 Å². The Morgan fingerprint density at radius 1 is 0.345 bits per heavy atom. The summed E-state index contributed by atoms with van der Waals surface area (Å²) in [6, 6.07) is 75.3. The van der Waals surface area contributed by atoms with E-state index in [0.717, 1.165) is 39.0 Å². The third kappa shape index (κ3) is 4.79. The summed E-state index contributed by atoms with van der Waals surface area (Å²) >= 11 is 0. The lowest BCUT2D eigenvalue weighted by Crippen LogP contribution is -2.22. The van der Waals surface area contributed by atoms with Crippen LogP contribution in [0.3, 0.4) is 0 Å². The van der Waals surface area contributed by atoms with Crippen LogP contribution in [0.4, 0.5) is 17.1 Å². The number of furan rings is 1. The van der Waals surface area contributed by atoms with Gasteiger partial charge in [0.1, 0.15) is 11.2 Å². The van der Waals surface area contributed by atoms with E-state index in [1.165, 1.54) is 71.3 Å². The molecule has 0 saturated carbocycles. The van der Waals surface area contributed by atoms with Crippen LogP contribution in [0, 0.1) is 0 Å². The number of hydrogen-bond acceptors (Lipinski definition) is 2. The van der Waals surface area contributed by atoms with E-state index in [4.69, 9.17) is 4.42 Å². The van der Waals surface area contributed by atoms with Crippen LogP contribution in [0.2, 0.25) is 0 Å². The predicted molar refractivity (Wildman–Crippen MR) is 244 cm³/mol. The first-order valence-electron chi connectivity index (χ1n) is 20.1. The van der Waals surface area contributed by atoms with Gasteiger partial charge in [0.25, 0.3) is 0 Å². The van der Waals surface area contributed by atoms with Crippen molar-refractivity contribution in [3.8, 4) is 22.3 Å². The van der Waals surface area contributed by atoms with Crippen LogP contribution >= 0.6 is 0 Å². The first-order chi connectivity index (χ1) is 28.6. The molecule has 2 nitrogen and oxygen atoms in total. The van der Waals surface area contributed by atoms with Gasteiger partial charge in [-0.15, -0.1) is 0 Å². The van der Waals surface area contributed by atoms with Crippen molar-refractivity contribution in [1.82, 2.24) is 0 Å². The van der Waals surface area contributed by atoms with Crippen LogP contribution < -0.4 is 4.90 Å². The van der Waals surface area contributed by atoms with Gasteiger partial charge in [0.15, 0.2) is 0 Å². The van der Waals surface area contributed by atoms with Crippen molar-refractivity contribution in [2.75, 3.05) is 4.90 Å². The van der Waals surface area contributed by atoms with Crippen molar-refractivity contribution in [3.63, 3.8) is 0 Å². The highest BCUT2D eigenvalue weighted by atomic mass is 16.3. The molecule has 272 valence electrons. The molecule has 0 N–H and O–H groups in total. The molecule has 0 unspecified atom stereocenters. The second-order valence-electron chi connectivity index (χ2n) is 15.8. The summed E-state index contributed by atoms with van der Waals surface area (Å²) in [5.74, 6) is 0. The van der Waals surface area contributed by atoms with E-state index in [-0.39, 0.29) is 5.41 Å². The number of fused-ring (bicyclic) bond motifs is 12. The molecular weight excluding hydrogens is 703 g/mol. The first-order valence-corrected chi connectivity index (χ1v) is 20.1. The largest absolute Gasteiger partial charge is 0.456 e. The minimum absolute atomic E-state index is 0.298. The summed E-state index contributed by atoms with van der Waals surface area (Å²) in [5, 5.41) is 9.78. The number of nitrogens with zero attached hydrogens (tertiary/aromatic N) is 1. The third-order valence-electron chi connectivity index (χ3n) is 12.7. The molecule has 0 radical (unpaired) electrons. The maximum atomic E-state index is 6.58. The lowest BCUT2D eigenvalue weighted by Gasteiger charge is -2.28. The van der Waals surface area contributed by atoms with Gasteiger partial charge in [0.2, 0.25) is 0 Å². The highest BCUT2D eigenvalue weighted by Crippen LogP contribution is 2.53. The number of anilines is 3. The Hall–Kier alpha value is -7.42. The summed E-state index contributed by atoms with van der Waals surface area (Å²) in [6.45, 7) is 2.38. The zero-order valence-corrected chi connectivity index (χ0v) is 32.0. The molecular formula is C56H37NO. The maximum absolute atomic E-state index is 6.58. The summed E-state index contributed by atoms with van der Waals surface area (Å²) in [6.07, 6.45) is 0.